The van der Waals surface area contributed by atoms with E-state index in [4.69, 9.17) is 4.74 Å². The fourth-order valence-corrected chi connectivity index (χ4v) is 4.81. The van der Waals surface area contributed by atoms with Crippen molar-refractivity contribution in [2.75, 3.05) is 18.2 Å². The molecule has 4 aromatic rings. The van der Waals surface area contributed by atoms with Gasteiger partial charge in [0.25, 0.3) is 0 Å². The highest BCUT2D eigenvalue weighted by Crippen LogP contribution is 2.26. The van der Waals surface area contributed by atoms with Gasteiger partial charge in [0.2, 0.25) is 5.91 Å². The number of carbonyl (C=O) groups excluding carboxylic acids is 1. The second-order valence-electron chi connectivity index (χ2n) is 7.34. The van der Waals surface area contributed by atoms with Crippen LogP contribution in [0.25, 0.3) is 5.69 Å². The number of carbonyl (C=O) groups is 1. The molecular formula is C24H24N4O2S2. The molecule has 0 unspecified atom stereocenters. The molecular weight excluding hydrogens is 440 g/mol. The highest BCUT2D eigenvalue weighted by atomic mass is 32.2. The molecule has 1 amide bonds. The van der Waals surface area contributed by atoms with Crippen LogP contribution < -0.4 is 10.1 Å². The molecule has 0 radical (unpaired) electrons. The van der Waals surface area contributed by atoms with Gasteiger partial charge in [0.15, 0.2) is 5.16 Å². The summed E-state index contributed by atoms with van der Waals surface area (Å²) in [6.07, 6.45) is 0.673. The number of nitrogens with zero attached hydrogens (tertiary/aromatic N) is 3. The molecule has 0 saturated heterocycles. The van der Waals surface area contributed by atoms with Crippen LogP contribution in [-0.4, -0.2) is 33.5 Å². The zero-order valence-corrected chi connectivity index (χ0v) is 19.8. The molecule has 0 atom stereocenters. The number of rotatable bonds is 8. The van der Waals surface area contributed by atoms with Gasteiger partial charge in [-0.05, 0) is 61.2 Å². The Morgan fingerprint density at radius 3 is 2.62 bits per heavy atom. The Morgan fingerprint density at radius 1 is 1.12 bits per heavy atom. The van der Waals surface area contributed by atoms with Gasteiger partial charge in [0.1, 0.15) is 11.6 Å². The first-order valence-corrected chi connectivity index (χ1v) is 12.0. The monoisotopic (exact) mass is 464 g/mol. The van der Waals surface area contributed by atoms with E-state index in [2.05, 4.69) is 33.0 Å². The van der Waals surface area contributed by atoms with Crippen LogP contribution in [0.5, 0.6) is 5.75 Å². The van der Waals surface area contributed by atoms with E-state index in [-0.39, 0.29) is 11.7 Å². The highest BCUT2D eigenvalue weighted by Gasteiger charge is 2.17. The minimum absolute atomic E-state index is 0.0777. The molecule has 1 N–H and O–H groups in total. The molecule has 0 aliphatic carbocycles. The molecule has 32 heavy (non-hydrogen) atoms. The normalized spacial score (nSPS) is 10.8. The van der Waals surface area contributed by atoms with Crippen LogP contribution in [0, 0.1) is 13.8 Å². The lowest BCUT2D eigenvalue weighted by Gasteiger charge is -2.11. The van der Waals surface area contributed by atoms with Crippen molar-refractivity contribution in [3.8, 4) is 11.4 Å². The first-order valence-electron chi connectivity index (χ1n) is 10.1. The average Bonchev–Trinajstić information content (AvgIpc) is 3.45. The number of ether oxygens (including phenoxy) is 1. The summed E-state index contributed by atoms with van der Waals surface area (Å²) in [5.74, 6) is 1.77. The summed E-state index contributed by atoms with van der Waals surface area (Å²) in [4.78, 5) is 13.8. The van der Waals surface area contributed by atoms with Crippen LogP contribution in [0.1, 0.15) is 21.8 Å². The van der Waals surface area contributed by atoms with E-state index in [1.165, 1.54) is 22.2 Å². The first-order chi connectivity index (χ1) is 15.5. The summed E-state index contributed by atoms with van der Waals surface area (Å²) >= 11 is 3.06. The van der Waals surface area contributed by atoms with E-state index < -0.39 is 0 Å². The zero-order valence-electron chi connectivity index (χ0n) is 18.2. The van der Waals surface area contributed by atoms with Crippen LogP contribution in [0.4, 0.5) is 5.69 Å². The predicted molar refractivity (Wildman–Crippen MR) is 130 cm³/mol. The maximum Gasteiger partial charge on any atom is 0.234 e. The zero-order chi connectivity index (χ0) is 22.5. The Morgan fingerprint density at radius 2 is 1.94 bits per heavy atom. The molecule has 2 aromatic carbocycles. The van der Waals surface area contributed by atoms with Crippen molar-refractivity contribution >= 4 is 34.7 Å². The molecule has 164 valence electrons. The standard InChI is InChI=1S/C24H24N4O2S2/c1-16-6-11-21(17(2)13-16)25-23(29)15-32-24-27-26-22(14-20-5-4-12-31-20)28(24)18-7-9-19(30-3)10-8-18/h4-13H,14-15H2,1-3H3,(H,25,29). The lowest BCUT2D eigenvalue weighted by molar-refractivity contribution is -0.113. The summed E-state index contributed by atoms with van der Waals surface area (Å²) in [6.45, 7) is 4.03. The highest BCUT2D eigenvalue weighted by molar-refractivity contribution is 7.99. The van der Waals surface area contributed by atoms with Gasteiger partial charge in [0.05, 0.1) is 12.9 Å². The number of thioether (sulfide) groups is 1. The predicted octanol–water partition coefficient (Wildman–Crippen LogP) is 5.28. The molecule has 8 heteroatoms. The molecule has 2 heterocycles. The van der Waals surface area contributed by atoms with Gasteiger partial charge in [0, 0.05) is 22.7 Å². The molecule has 0 fully saturated rings. The lowest BCUT2D eigenvalue weighted by atomic mass is 10.1. The molecule has 4 rings (SSSR count). The van der Waals surface area contributed by atoms with Gasteiger partial charge in [-0.1, -0.05) is 35.5 Å². The number of hydrogen-bond donors (Lipinski definition) is 1. The minimum atomic E-state index is -0.0777. The fourth-order valence-electron chi connectivity index (χ4n) is 3.34. The first kappa shape index (κ1) is 22.1. The Labute approximate surface area is 195 Å². The van der Waals surface area contributed by atoms with Crippen molar-refractivity contribution < 1.29 is 9.53 Å². The molecule has 2 aromatic heterocycles. The van der Waals surface area contributed by atoms with Gasteiger partial charge in [-0.15, -0.1) is 21.5 Å². The van der Waals surface area contributed by atoms with Crippen LogP contribution >= 0.6 is 23.1 Å². The summed E-state index contributed by atoms with van der Waals surface area (Å²) in [6, 6.07) is 17.9. The summed E-state index contributed by atoms with van der Waals surface area (Å²) in [5.41, 5.74) is 3.97. The van der Waals surface area contributed by atoms with Gasteiger partial charge >= 0.3 is 0 Å². The van der Waals surface area contributed by atoms with Crippen LogP contribution in [0.15, 0.2) is 65.1 Å². The van der Waals surface area contributed by atoms with Crippen molar-refractivity contribution in [2.45, 2.75) is 25.4 Å². The molecule has 0 aliphatic rings. The van der Waals surface area contributed by atoms with E-state index >= 15 is 0 Å². The third-order valence-electron chi connectivity index (χ3n) is 4.93. The number of aryl methyl sites for hydroxylation is 2. The van der Waals surface area contributed by atoms with Crippen molar-refractivity contribution in [2.24, 2.45) is 0 Å². The Kier molecular flexibility index (Phi) is 6.92. The van der Waals surface area contributed by atoms with Crippen molar-refractivity contribution in [1.82, 2.24) is 14.8 Å². The summed E-state index contributed by atoms with van der Waals surface area (Å²) in [7, 11) is 1.64. The SMILES string of the molecule is COc1ccc(-n2c(Cc3cccs3)nnc2SCC(=O)Nc2ccc(C)cc2C)cc1. The largest absolute Gasteiger partial charge is 0.497 e. The van der Waals surface area contributed by atoms with Crippen molar-refractivity contribution in [1.29, 1.82) is 0 Å². The molecule has 0 bridgehead atoms. The maximum atomic E-state index is 12.6. The number of methoxy groups -OCH3 is 1. The van der Waals surface area contributed by atoms with Crippen LogP contribution in [-0.2, 0) is 11.2 Å². The quantitative estimate of drug-likeness (QED) is 0.360. The molecule has 0 spiro atoms. The van der Waals surface area contributed by atoms with Gasteiger partial charge in [-0.3, -0.25) is 9.36 Å². The second-order valence-corrected chi connectivity index (χ2v) is 9.32. The summed E-state index contributed by atoms with van der Waals surface area (Å²) in [5, 5.41) is 14.5. The Balaban J connectivity index is 1.54. The van der Waals surface area contributed by atoms with Gasteiger partial charge < -0.3 is 10.1 Å². The lowest BCUT2D eigenvalue weighted by Crippen LogP contribution is -2.15. The third kappa shape index (κ3) is 5.20. The Bertz CT molecular complexity index is 1200. The smallest absolute Gasteiger partial charge is 0.234 e. The number of aromatic nitrogens is 3. The number of thiophene rings is 1. The molecule has 6 nitrogen and oxygen atoms in total. The molecule has 0 saturated carbocycles. The molecule has 0 aliphatic heterocycles. The number of benzene rings is 2. The number of hydrogen-bond acceptors (Lipinski definition) is 6. The topological polar surface area (TPSA) is 69.0 Å². The van der Waals surface area contributed by atoms with E-state index in [0.29, 0.717) is 11.6 Å². The maximum absolute atomic E-state index is 12.6. The van der Waals surface area contributed by atoms with Crippen molar-refractivity contribution in [3.05, 3.63) is 81.8 Å². The average molecular weight is 465 g/mol. The van der Waals surface area contributed by atoms with Crippen molar-refractivity contribution in [3.63, 3.8) is 0 Å². The van der Waals surface area contributed by atoms with E-state index in [9.17, 15) is 4.79 Å². The minimum Gasteiger partial charge on any atom is -0.497 e. The van der Waals surface area contributed by atoms with E-state index in [1.54, 1.807) is 18.4 Å². The van der Waals surface area contributed by atoms with Crippen LogP contribution in [0.2, 0.25) is 0 Å². The third-order valence-corrected chi connectivity index (χ3v) is 6.74. The van der Waals surface area contributed by atoms with E-state index in [0.717, 1.165) is 28.5 Å². The second kappa shape index (κ2) is 10.0. The fraction of sp³-hybridized carbons (Fsp3) is 0.208. The van der Waals surface area contributed by atoms with Gasteiger partial charge in [-0.2, -0.15) is 0 Å². The number of nitrogens with one attached hydrogen (secondary N) is 1. The van der Waals surface area contributed by atoms with Crippen LogP contribution in [0.3, 0.4) is 0 Å². The number of amides is 1. The number of anilines is 1. The Hall–Kier alpha value is -3.10. The summed E-state index contributed by atoms with van der Waals surface area (Å²) < 4.78 is 7.30. The van der Waals surface area contributed by atoms with Gasteiger partial charge in [-0.25, -0.2) is 0 Å². The van der Waals surface area contributed by atoms with E-state index in [1.807, 2.05) is 60.9 Å².